The number of aryl methyl sites for hydroxylation is 2. The van der Waals surface area contributed by atoms with E-state index in [1.54, 1.807) is 0 Å². The van der Waals surface area contributed by atoms with E-state index in [0.717, 1.165) is 10.2 Å². The first-order valence-corrected chi connectivity index (χ1v) is 7.85. The number of fused-ring (bicyclic) bond motifs is 1. The highest BCUT2D eigenvalue weighted by Crippen LogP contribution is 2.22. The third-order valence-corrected chi connectivity index (χ3v) is 4.39. The number of carbonyl (C=O) groups is 1. The standard InChI is InChI=1S/C17H20N2OS/c1-6-7-19-14-9-12(4)13(5)10-15(14)21-17(19)18-16(20)8-11(2)3/h1,9-11H,7-8H2,2-5H3. The van der Waals surface area contributed by atoms with Crippen LogP contribution in [-0.2, 0) is 11.3 Å². The maximum absolute atomic E-state index is 12.0. The summed E-state index contributed by atoms with van der Waals surface area (Å²) in [4.78, 5) is 16.9. The lowest BCUT2D eigenvalue weighted by atomic mass is 10.1. The summed E-state index contributed by atoms with van der Waals surface area (Å²) in [6.45, 7) is 8.62. The number of terminal acetylenes is 1. The minimum Gasteiger partial charge on any atom is -0.305 e. The number of rotatable bonds is 3. The van der Waals surface area contributed by atoms with Gasteiger partial charge < -0.3 is 4.57 Å². The molecule has 4 heteroatoms. The van der Waals surface area contributed by atoms with Gasteiger partial charge in [-0.3, -0.25) is 4.79 Å². The van der Waals surface area contributed by atoms with Crippen molar-refractivity contribution >= 4 is 27.5 Å². The van der Waals surface area contributed by atoms with Crippen LogP contribution in [0.2, 0.25) is 0 Å². The minimum absolute atomic E-state index is 0.0872. The van der Waals surface area contributed by atoms with Gasteiger partial charge in [-0.05, 0) is 43.0 Å². The fourth-order valence-corrected chi connectivity index (χ4v) is 3.28. The summed E-state index contributed by atoms with van der Waals surface area (Å²) in [7, 11) is 0. The predicted octanol–water partition coefficient (Wildman–Crippen LogP) is 3.43. The summed E-state index contributed by atoms with van der Waals surface area (Å²) in [5.74, 6) is 2.87. The Labute approximate surface area is 129 Å². The number of benzene rings is 1. The van der Waals surface area contributed by atoms with Crippen LogP contribution in [0.1, 0.15) is 31.4 Å². The van der Waals surface area contributed by atoms with E-state index >= 15 is 0 Å². The van der Waals surface area contributed by atoms with Gasteiger partial charge in [-0.25, -0.2) is 0 Å². The predicted molar refractivity (Wildman–Crippen MR) is 88.1 cm³/mol. The molecule has 0 bridgehead atoms. The van der Waals surface area contributed by atoms with Crippen LogP contribution in [0.3, 0.4) is 0 Å². The molecule has 0 radical (unpaired) electrons. The lowest BCUT2D eigenvalue weighted by Crippen LogP contribution is -2.17. The fourth-order valence-electron chi connectivity index (χ4n) is 2.15. The van der Waals surface area contributed by atoms with E-state index in [-0.39, 0.29) is 5.91 Å². The summed E-state index contributed by atoms with van der Waals surface area (Å²) in [5, 5.41) is 0. The lowest BCUT2D eigenvalue weighted by Gasteiger charge is -2.03. The Kier molecular flexibility index (Phi) is 4.64. The summed E-state index contributed by atoms with van der Waals surface area (Å²) < 4.78 is 3.06. The monoisotopic (exact) mass is 300 g/mol. The highest BCUT2D eigenvalue weighted by Gasteiger charge is 2.09. The van der Waals surface area contributed by atoms with Gasteiger partial charge in [0.25, 0.3) is 0 Å². The maximum atomic E-state index is 12.0. The van der Waals surface area contributed by atoms with Crippen molar-refractivity contribution in [3.63, 3.8) is 0 Å². The summed E-state index contributed by atoms with van der Waals surface area (Å²) in [6, 6.07) is 4.25. The Morgan fingerprint density at radius 3 is 2.67 bits per heavy atom. The zero-order valence-corrected chi connectivity index (χ0v) is 13.8. The summed E-state index contributed by atoms with van der Waals surface area (Å²) in [5.41, 5.74) is 3.50. The van der Waals surface area contributed by atoms with Crippen LogP contribution in [0.15, 0.2) is 17.1 Å². The van der Waals surface area contributed by atoms with Crippen LogP contribution in [0, 0.1) is 32.1 Å². The molecule has 0 unspecified atom stereocenters. The molecule has 110 valence electrons. The van der Waals surface area contributed by atoms with Crippen LogP contribution in [0.25, 0.3) is 10.2 Å². The van der Waals surface area contributed by atoms with E-state index in [4.69, 9.17) is 6.42 Å². The number of amides is 1. The molecule has 0 N–H and O–H groups in total. The molecule has 1 heterocycles. The number of thiazole rings is 1. The fraction of sp³-hybridized carbons (Fsp3) is 0.412. The Morgan fingerprint density at radius 1 is 1.38 bits per heavy atom. The number of nitrogens with zero attached hydrogens (tertiary/aromatic N) is 2. The van der Waals surface area contributed by atoms with E-state index in [0.29, 0.717) is 23.7 Å². The van der Waals surface area contributed by atoms with Crippen molar-refractivity contribution in [2.75, 3.05) is 0 Å². The quantitative estimate of drug-likeness (QED) is 0.800. The minimum atomic E-state index is -0.0872. The van der Waals surface area contributed by atoms with Gasteiger partial charge in [0, 0.05) is 6.42 Å². The second kappa shape index (κ2) is 6.28. The van der Waals surface area contributed by atoms with E-state index in [1.807, 2.05) is 18.4 Å². The first kappa shape index (κ1) is 15.5. The highest BCUT2D eigenvalue weighted by molar-refractivity contribution is 7.16. The van der Waals surface area contributed by atoms with E-state index in [2.05, 4.69) is 36.9 Å². The number of carbonyl (C=O) groups excluding carboxylic acids is 1. The van der Waals surface area contributed by atoms with Crippen molar-refractivity contribution in [3.05, 3.63) is 28.1 Å². The molecule has 2 aromatic rings. The molecule has 0 aliphatic carbocycles. The number of hydrogen-bond donors (Lipinski definition) is 0. The Balaban J connectivity index is 2.63. The van der Waals surface area contributed by atoms with Crippen molar-refractivity contribution in [2.24, 2.45) is 10.9 Å². The van der Waals surface area contributed by atoms with Gasteiger partial charge >= 0.3 is 0 Å². The van der Waals surface area contributed by atoms with E-state index in [1.165, 1.54) is 22.5 Å². The second-order valence-corrected chi connectivity index (χ2v) is 6.69. The molecular weight excluding hydrogens is 280 g/mol. The van der Waals surface area contributed by atoms with Gasteiger partial charge in [-0.1, -0.05) is 31.1 Å². The Hall–Kier alpha value is -1.86. The van der Waals surface area contributed by atoms with Crippen LogP contribution < -0.4 is 4.80 Å². The summed E-state index contributed by atoms with van der Waals surface area (Å²) >= 11 is 1.52. The average Bonchev–Trinajstić information content (AvgIpc) is 2.67. The first-order valence-electron chi connectivity index (χ1n) is 7.04. The average molecular weight is 300 g/mol. The highest BCUT2D eigenvalue weighted by atomic mass is 32.1. The Morgan fingerprint density at radius 2 is 2.05 bits per heavy atom. The maximum Gasteiger partial charge on any atom is 0.248 e. The smallest absolute Gasteiger partial charge is 0.248 e. The molecule has 0 saturated carbocycles. The SMILES string of the molecule is C#CCn1c(=NC(=O)CC(C)C)sc2cc(C)c(C)cc21. The molecule has 2 rings (SSSR count). The van der Waals surface area contributed by atoms with Crippen LogP contribution in [0.4, 0.5) is 0 Å². The zero-order valence-electron chi connectivity index (χ0n) is 12.9. The van der Waals surface area contributed by atoms with E-state index < -0.39 is 0 Å². The third kappa shape index (κ3) is 3.43. The molecular formula is C17H20N2OS. The summed E-state index contributed by atoms with van der Waals surface area (Å²) in [6.07, 6.45) is 5.93. The second-order valence-electron chi connectivity index (χ2n) is 5.68. The molecule has 1 aromatic carbocycles. The number of hydrogen-bond acceptors (Lipinski definition) is 2. The van der Waals surface area contributed by atoms with Gasteiger partial charge in [-0.15, -0.1) is 6.42 Å². The third-order valence-electron chi connectivity index (χ3n) is 3.35. The van der Waals surface area contributed by atoms with Crippen LogP contribution >= 0.6 is 11.3 Å². The van der Waals surface area contributed by atoms with Crippen molar-refractivity contribution < 1.29 is 4.79 Å². The molecule has 0 spiro atoms. The normalized spacial score (nSPS) is 12.1. The zero-order chi connectivity index (χ0) is 15.6. The van der Waals surface area contributed by atoms with Crippen molar-refractivity contribution in [1.82, 2.24) is 4.57 Å². The molecule has 0 fully saturated rings. The first-order chi connectivity index (χ1) is 9.92. The molecule has 0 saturated heterocycles. The molecule has 0 atom stereocenters. The molecule has 21 heavy (non-hydrogen) atoms. The van der Waals surface area contributed by atoms with Gasteiger partial charge in [0.2, 0.25) is 5.91 Å². The largest absolute Gasteiger partial charge is 0.305 e. The van der Waals surface area contributed by atoms with Gasteiger partial charge in [0.05, 0.1) is 16.8 Å². The number of aromatic nitrogens is 1. The van der Waals surface area contributed by atoms with Gasteiger partial charge in [0.15, 0.2) is 4.80 Å². The van der Waals surface area contributed by atoms with Crippen molar-refractivity contribution in [2.45, 2.75) is 40.7 Å². The van der Waals surface area contributed by atoms with Gasteiger partial charge in [-0.2, -0.15) is 4.99 Å². The van der Waals surface area contributed by atoms with Gasteiger partial charge in [0.1, 0.15) is 0 Å². The van der Waals surface area contributed by atoms with Crippen LogP contribution in [-0.4, -0.2) is 10.5 Å². The molecule has 0 aliphatic heterocycles. The molecule has 1 aromatic heterocycles. The lowest BCUT2D eigenvalue weighted by molar-refractivity contribution is -0.118. The van der Waals surface area contributed by atoms with E-state index in [9.17, 15) is 4.79 Å². The van der Waals surface area contributed by atoms with Crippen molar-refractivity contribution in [3.8, 4) is 12.3 Å². The Bertz CT molecular complexity index is 787. The topological polar surface area (TPSA) is 34.4 Å². The molecule has 0 aliphatic rings. The van der Waals surface area contributed by atoms with Crippen LogP contribution in [0.5, 0.6) is 0 Å². The molecule has 3 nitrogen and oxygen atoms in total. The molecule has 1 amide bonds. The van der Waals surface area contributed by atoms with Crippen molar-refractivity contribution in [1.29, 1.82) is 0 Å².